The van der Waals surface area contributed by atoms with Gasteiger partial charge in [0.15, 0.2) is 0 Å². The number of benzene rings is 2. The van der Waals surface area contributed by atoms with E-state index >= 15 is 0 Å². The van der Waals surface area contributed by atoms with E-state index in [1.54, 1.807) is 19.5 Å². The average molecular weight is 506 g/mol. The molecule has 0 atom stereocenters. The van der Waals surface area contributed by atoms with Crippen LogP contribution >= 0.6 is 0 Å². The number of anilines is 1. The summed E-state index contributed by atoms with van der Waals surface area (Å²) in [5.74, 6) is 1.03. The molecule has 9 heteroatoms. The fraction of sp³-hybridized carbons (Fsp3) is 0.241. The molecule has 1 aromatic heterocycles. The lowest BCUT2D eigenvalue weighted by atomic mass is 9.73. The minimum atomic E-state index is -0.588. The highest BCUT2D eigenvalue weighted by atomic mass is 16.2. The van der Waals surface area contributed by atoms with E-state index in [0.717, 1.165) is 44.8 Å². The first-order chi connectivity index (χ1) is 18.5. The van der Waals surface area contributed by atoms with Crippen molar-refractivity contribution in [1.82, 2.24) is 25.3 Å². The first-order valence-electron chi connectivity index (χ1n) is 12.9. The van der Waals surface area contributed by atoms with Gasteiger partial charge in [-0.1, -0.05) is 18.2 Å². The number of fused-ring (bicyclic) bond motifs is 4. The van der Waals surface area contributed by atoms with Crippen LogP contribution in [0.25, 0.3) is 16.6 Å². The predicted molar refractivity (Wildman–Crippen MR) is 145 cm³/mol. The van der Waals surface area contributed by atoms with Crippen LogP contribution in [0.1, 0.15) is 36.5 Å². The van der Waals surface area contributed by atoms with Crippen molar-refractivity contribution in [3.8, 4) is 0 Å². The van der Waals surface area contributed by atoms with Gasteiger partial charge in [-0.15, -0.1) is 0 Å². The summed E-state index contributed by atoms with van der Waals surface area (Å²) < 4.78 is 0. The molecule has 3 aromatic rings. The summed E-state index contributed by atoms with van der Waals surface area (Å²) in [4.78, 5) is 31.2. The van der Waals surface area contributed by atoms with Crippen LogP contribution in [0.3, 0.4) is 0 Å². The zero-order chi connectivity index (χ0) is 25.9. The molecule has 1 fully saturated rings. The molecule has 1 spiro atoms. The number of rotatable bonds is 3. The molecule has 2 aromatic carbocycles. The number of carbonyl (C=O) groups excluding carboxylic acids is 2. The van der Waals surface area contributed by atoms with Gasteiger partial charge in [0.05, 0.1) is 23.2 Å². The Hall–Kier alpha value is -4.66. The minimum Gasteiger partial charge on any atom is -0.343 e. The van der Waals surface area contributed by atoms with Crippen molar-refractivity contribution in [2.75, 3.05) is 18.4 Å². The number of nitrogens with zero attached hydrogens (tertiary/aromatic N) is 5. The number of aromatic nitrogens is 1. The Bertz CT molecular complexity index is 1580. The summed E-state index contributed by atoms with van der Waals surface area (Å²) in [6.07, 6.45) is 8.94. The summed E-state index contributed by atoms with van der Waals surface area (Å²) in [5, 5.41) is 12.7. The van der Waals surface area contributed by atoms with E-state index in [0.29, 0.717) is 32.5 Å². The quantitative estimate of drug-likeness (QED) is 0.566. The number of likely N-dealkylation sites (tertiary alicyclic amines) is 1. The number of pyridine rings is 1. The maximum Gasteiger partial charge on any atom is 0.235 e. The lowest BCUT2D eigenvalue weighted by Gasteiger charge is -2.37. The summed E-state index contributed by atoms with van der Waals surface area (Å²) in [5.41, 5.74) is 8.81. The molecule has 4 aliphatic rings. The topological polar surface area (TPSA) is 93.2 Å². The molecule has 0 bridgehead atoms. The monoisotopic (exact) mass is 505 g/mol. The highest BCUT2D eigenvalue weighted by Gasteiger charge is 2.48. The first-order valence-corrected chi connectivity index (χ1v) is 12.9. The van der Waals surface area contributed by atoms with Crippen molar-refractivity contribution < 1.29 is 9.59 Å². The Morgan fingerprint density at radius 1 is 1.08 bits per heavy atom. The van der Waals surface area contributed by atoms with E-state index < -0.39 is 5.41 Å². The number of hydrogen-bond donors (Lipinski definition) is 2. The molecule has 0 radical (unpaired) electrons. The number of carbonyl (C=O) groups is 2. The molecule has 1 saturated heterocycles. The molecular weight excluding hydrogens is 478 g/mol. The van der Waals surface area contributed by atoms with E-state index in [-0.39, 0.29) is 11.8 Å². The van der Waals surface area contributed by atoms with Gasteiger partial charge >= 0.3 is 0 Å². The molecular formula is C29H27N7O2. The molecule has 190 valence electrons. The Kier molecular flexibility index (Phi) is 5.01. The third-order valence-electron chi connectivity index (χ3n) is 8.05. The molecule has 7 rings (SSSR count). The second kappa shape index (κ2) is 8.44. The Labute approximate surface area is 220 Å². The van der Waals surface area contributed by atoms with E-state index in [1.807, 2.05) is 39.2 Å². The van der Waals surface area contributed by atoms with E-state index in [4.69, 9.17) is 0 Å². The number of hydrogen-bond acceptors (Lipinski definition) is 7. The highest BCUT2D eigenvalue weighted by molar-refractivity contribution is 6.06. The van der Waals surface area contributed by atoms with Crippen LogP contribution in [0.4, 0.5) is 5.69 Å². The van der Waals surface area contributed by atoms with Gasteiger partial charge in [-0.2, -0.15) is 5.10 Å². The normalized spacial score (nSPS) is 19.2. The minimum absolute atomic E-state index is 0.0346. The van der Waals surface area contributed by atoms with Gasteiger partial charge in [0.25, 0.3) is 0 Å². The van der Waals surface area contributed by atoms with Crippen LogP contribution < -0.4 is 10.7 Å². The number of amides is 2. The van der Waals surface area contributed by atoms with Gasteiger partial charge in [0, 0.05) is 37.3 Å². The third-order valence-corrected chi connectivity index (χ3v) is 8.05. The molecule has 4 aliphatic heterocycles. The van der Waals surface area contributed by atoms with Gasteiger partial charge in [-0.3, -0.25) is 20.0 Å². The maximum absolute atomic E-state index is 13.1. The van der Waals surface area contributed by atoms with Crippen LogP contribution in [-0.4, -0.2) is 51.1 Å². The second-order valence-electron chi connectivity index (χ2n) is 10.2. The molecule has 5 heterocycles. The van der Waals surface area contributed by atoms with Crippen LogP contribution in [0, 0.1) is 0 Å². The Balaban J connectivity index is 1.13. The van der Waals surface area contributed by atoms with Crippen molar-refractivity contribution in [2.24, 2.45) is 5.10 Å². The maximum atomic E-state index is 13.1. The van der Waals surface area contributed by atoms with Gasteiger partial charge in [-0.05, 0) is 72.0 Å². The lowest BCUT2D eigenvalue weighted by molar-refractivity contribution is -0.133. The van der Waals surface area contributed by atoms with Crippen LogP contribution in [0.2, 0.25) is 0 Å². The Morgan fingerprint density at radius 3 is 2.79 bits per heavy atom. The first kappa shape index (κ1) is 22.5. The van der Waals surface area contributed by atoms with Gasteiger partial charge in [-0.25, -0.2) is 10.0 Å². The fourth-order valence-corrected chi connectivity index (χ4v) is 5.89. The second-order valence-corrected chi connectivity index (χ2v) is 10.2. The average Bonchev–Trinajstić information content (AvgIpc) is 3.46. The molecule has 9 nitrogen and oxygen atoms in total. The fourth-order valence-electron chi connectivity index (χ4n) is 5.89. The number of allylic oxidation sites excluding steroid dienone is 2. The molecule has 38 heavy (non-hydrogen) atoms. The van der Waals surface area contributed by atoms with Crippen molar-refractivity contribution in [1.29, 1.82) is 0 Å². The number of nitrogens with one attached hydrogen (secondary N) is 2. The molecule has 0 aliphatic carbocycles. The van der Waals surface area contributed by atoms with Crippen molar-refractivity contribution >= 4 is 40.4 Å². The van der Waals surface area contributed by atoms with Crippen LogP contribution in [-0.2, 0) is 21.5 Å². The standard InChI is InChI=1S/C29H27N7O2/c1-19(37)34-13-10-29(11-14-34)23-16-22(5-7-26(23)32-28(29)38)25-8-9-27-35(31-18-36(27)33-25)17-20-4-6-24-21(15-20)3-2-12-30-24/h2-9,12,15-16,18,33H,10-11,13-14,17H2,1H3,(H,32,38). The summed E-state index contributed by atoms with van der Waals surface area (Å²) in [6.45, 7) is 3.41. The molecule has 2 N–H and O–H groups in total. The molecule has 2 amide bonds. The summed E-state index contributed by atoms with van der Waals surface area (Å²) in [7, 11) is 0. The number of piperidine rings is 1. The molecule has 0 saturated carbocycles. The third kappa shape index (κ3) is 3.53. The summed E-state index contributed by atoms with van der Waals surface area (Å²) >= 11 is 0. The van der Waals surface area contributed by atoms with Crippen LogP contribution in [0.15, 0.2) is 77.8 Å². The SMILES string of the molecule is CC(=O)N1CCC2(CC1)C(=O)Nc1ccc(C3=CC=C4N(Cc5ccc6ncccc6c5)N=CN4N3)cc12. The van der Waals surface area contributed by atoms with Gasteiger partial charge < -0.3 is 10.2 Å². The zero-order valence-corrected chi connectivity index (χ0v) is 21.0. The predicted octanol–water partition coefficient (Wildman–Crippen LogP) is 3.53. The van der Waals surface area contributed by atoms with Crippen molar-refractivity contribution in [2.45, 2.75) is 31.7 Å². The van der Waals surface area contributed by atoms with Crippen LogP contribution in [0.5, 0.6) is 0 Å². The molecule has 0 unspecified atom stereocenters. The number of hydrazone groups is 1. The van der Waals surface area contributed by atoms with Gasteiger partial charge in [0.1, 0.15) is 12.2 Å². The van der Waals surface area contributed by atoms with E-state index in [2.05, 4.69) is 57.2 Å². The van der Waals surface area contributed by atoms with Gasteiger partial charge in [0.2, 0.25) is 11.8 Å². The largest absolute Gasteiger partial charge is 0.343 e. The van der Waals surface area contributed by atoms with Crippen molar-refractivity contribution in [3.05, 3.63) is 89.4 Å². The van der Waals surface area contributed by atoms with E-state index in [1.165, 1.54) is 0 Å². The highest BCUT2D eigenvalue weighted by Crippen LogP contribution is 2.46. The van der Waals surface area contributed by atoms with E-state index in [9.17, 15) is 9.59 Å². The zero-order valence-electron chi connectivity index (χ0n) is 21.0. The van der Waals surface area contributed by atoms with Crippen molar-refractivity contribution in [3.63, 3.8) is 0 Å². The summed E-state index contributed by atoms with van der Waals surface area (Å²) in [6, 6.07) is 16.4. The smallest absolute Gasteiger partial charge is 0.235 e. The Morgan fingerprint density at radius 2 is 1.95 bits per heavy atom. The lowest BCUT2D eigenvalue weighted by Crippen LogP contribution is -2.47. The number of hydrazine groups is 1.